The second kappa shape index (κ2) is 6.00. The molecule has 5 nitrogen and oxygen atoms in total. The third-order valence-electron chi connectivity index (χ3n) is 2.93. The Balaban J connectivity index is 2.02. The number of hydrogen-bond acceptors (Lipinski definition) is 3. The molecule has 116 valence electrons. The lowest BCUT2D eigenvalue weighted by Gasteiger charge is -2.08. The molecule has 1 aromatic heterocycles. The second-order valence-electron chi connectivity index (χ2n) is 4.56. The van der Waals surface area contributed by atoms with Crippen LogP contribution in [0.1, 0.15) is 21.6 Å². The van der Waals surface area contributed by atoms with Gasteiger partial charge in [-0.25, -0.2) is 4.68 Å². The molecular formula is C14H12F3N3O2. The van der Waals surface area contributed by atoms with Gasteiger partial charge in [-0.05, 0) is 23.8 Å². The summed E-state index contributed by atoms with van der Waals surface area (Å²) >= 11 is 0. The van der Waals surface area contributed by atoms with Crippen molar-refractivity contribution in [1.29, 1.82) is 0 Å². The van der Waals surface area contributed by atoms with E-state index in [0.29, 0.717) is 5.56 Å². The van der Waals surface area contributed by atoms with E-state index in [2.05, 4.69) is 10.4 Å². The summed E-state index contributed by atoms with van der Waals surface area (Å²) < 4.78 is 38.3. The van der Waals surface area contributed by atoms with E-state index < -0.39 is 17.6 Å². The Kier molecular flexibility index (Phi) is 4.30. The molecule has 0 bridgehead atoms. The maximum Gasteiger partial charge on any atom is 0.416 e. The molecule has 0 spiro atoms. The third-order valence-corrected chi connectivity index (χ3v) is 2.93. The molecule has 0 unspecified atom stereocenters. The number of alkyl halides is 3. The molecule has 0 atom stereocenters. The summed E-state index contributed by atoms with van der Waals surface area (Å²) in [5.41, 5.74) is -0.526. The van der Waals surface area contributed by atoms with Crippen LogP contribution in [0, 0.1) is 0 Å². The SMILES string of the molecule is Cn1nc(C(=O)NCc2ccc(C(F)(F)F)cc2)ccc1=O. The van der Waals surface area contributed by atoms with Gasteiger partial charge in [0.05, 0.1) is 5.56 Å². The predicted octanol–water partition coefficient (Wildman–Crippen LogP) is 1.73. The van der Waals surface area contributed by atoms with E-state index in [1.54, 1.807) is 0 Å². The first-order chi connectivity index (χ1) is 10.3. The minimum atomic E-state index is -4.39. The van der Waals surface area contributed by atoms with Gasteiger partial charge in [0.2, 0.25) is 0 Å². The summed E-state index contributed by atoms with van der Waals surface area (Å²) in [6, 6.07) is 6.97. The number of carbonyl (C=O) groups is 1. The van der Waals surface area contributed by atoms with Crippen LogP contribution in [0.25, 0.3) is 0 Å². The summed E-state index contributed by atoms with van der Waals surface area (Å²) in [5.74, 6) is -0.518. The molecule has 22 heavy (non-hydrogen) atoms. The number of amides is 1. The normalized spacial score (nSPS) is 11.3. The smallest absolute Gasteiger partial charge is 0.347 e. The summed E-state index contributed by atoms with van der Waals surface area (Å²) in [7, 11) is 1.41. The molecular weight excluding hydrogens is 299 g/mol. The number of halogens is 3. The minimum absolute atomic E-state index is 0.0500. The monoisotopic (exact) mass is 311 g/mol. The van der Waals surface area contributed by atoms with Crippen molar-refractivity contribution < 1.29 is 18.0 Å². The lowest BCUT2D eigenvalue weighted by atomic mass is 10.1. The standard InChI is InChI=1S/C14H12F3N3O2/c1-20-12(21)7-6-11(19-20)13(22)18-8-9-2-4-10(5-3-9)14(15,16)17/h2-7H,8H2,1H3,(H,18,22). The van der Waals surface area contributed by atoms with Gasteiger partial charge < -0.3 is 5.32 Å². The number of hydrogen-bond donors (Lipinski definition) is 1. The van der Waals surface area contributed by atoms with Crippen LogP contribution >= 0.6 is 0 Å². The summed E-state index contributed by atoms with van der Waals surface area (Å²) in [6.45, 7) is 0.0570. The zero-order chi connectivity index (χ0) is 16.3. The highest BCUT2D eigenvalue weighted by Gasteiger charge is 2.29. The van der Waals surface area contributed by atoms with E-state index in [0.717, 1.165) is 16.8 Å². The number of benzene rings is 1. The van der Waals surface area contributed by atoms with Crippen molar-refractivity contribution in [3.8, 4) is 0 Å². The van der Waals surface area contributed by atoms with E-state index in [-0.39, 0.29) is 17.8 Å². The van der Waals surface area contributed by atoms with E-state index >= 15 is 0 Å². The van der Waals surface area contributed by atoms with Crippen LogP contribution < -0.4 is 10.9 Å². The highest BCUT2D eigenvalue weighted by molar-refractivity contribution is 5.91. The van der Waals surface area contributed by atoms with Gasteiger partial charge in [-0.2, -0.15) is 18.3 Å². The van der Waals surface area contributed by atoms with Crippen molar-refractivity contribution in [3.05, 3.63) is 63.6 Å². The Morgan fingerprint density at radius 1 is 1.18 bits per heavy atom. The molecule has 1 amide bonds. The summed E-state index contributed by atoms with van der Waals surface area (Å²) in [4.78, 5) is 23.0. The predicted molar refractivity (Wildman–Crippen MR) is 72.1 cm³/mol. The molecule has 0 aliphatic carbocycles. The van der Waals surface area contributed by atoms with Gasteiger partial charge in [0.15, 0.2) is 0 Å². The molecule has 0 radical (unpaired) electrons. The first-order valence-corrected chi connectivity index (χ1v) is 6.26. The fourth-order valence-corrected chi connectivity index (χ4v) is 1.71. The van der Waals surface area contributed by atoms with E-state index in [9.17, 15) is 22.8 Å². The Morgan fingerprint density at radius 3 is 2.36 bits per heavy atom. The van der Waals surface area contributed by atoms with Crippen molar-refractivity contribution in [2.45, 2.75) is 12.7 Å². The van der Waals surface area contributed by atoms with Crippen molar-refractivity contribution in [2.24, 2.45) is 7.05 Å². The van der Waals surface area contributed by atoms with Gasteiger partial charge >= 0.3 is 6.18 Å². The average molecular weight is 311 g/mol. The number of aromatic nitrogens is 2. The van der Waals surface area contributed by atoms with Gasteiger partial charge in [-0.15, -0.1) is 0 Å². The fraction of sp³-hybridized carbons (Fsp3) is 0.214. The van der Waals surface area contributed by atoms with Crippen molar-refractivity contribution >= 4 is 5.91 Å². The molecule has 2 rings (SSSR count). The lowest BCUT2D eigenvalue weighted by molar-refractivity contribution is -0.137. The molecule has 0 saturated heterocycles. The van der Waals surface area contributed by atoms with E-state index in [4.69, 9.17) is 0 Å². The maximum atomic E-state index is 12.4. The van der Waals surface area contributed by atoms with Gasteiger partial charge in [0, 0.05) is 19.7 Å². The third kappa shape index (κ3) is 3.72. The van der Waals surface area contributed by atoms with Crippen molar-refractivity contribution in [2.75, 3.05) is 0 Å². The van der Waals surface area contributed by atoms with Gasteiger partial charge in [-0.3, -0.25) is 9.59 Å². The van der Waals surface area contributed by atoms with Crippen LogP contribution in [0.2, 0.25) is 0 Å². The first kappa shape index (κ1) is 15.7. The van der Waals surface area contributed by atoms with Crippen molar-refractivity contribution in [1.82, 2.24) is 15.1 Å². The van der Waals surface area contributed by atoms with E-state index in [1.165, 1.54) is 31.3 Å². The largest absolute Gasteiger partial charge is 0.416 e. The van der Waals surface area contributed by atoms with Crippen LogP contribution in [-0.4, -0.2) is 15.7 Å². The zero-order valence-electron chi connectivity index (χ0n) is 11.5. The Bertz CT molecular complexity index is 736. The molecule has 1 aromatic carbocycles. The molecule has 0 aliphatic heterocycles. The highest BCUT2D eigenvalue weighted by atomic mass is 19.4. The van der Waals surface area contributed by atoms with Crippen molar-refractivity contribution in [3.63, 3.8) is 0 Å². The van der Waals surface area contributed by atoms with Crippen LogP contribution in [0.3, 0.4) is 0 Å². The van der Waals surface area contributed by atoms with Crippen LogP contribution in [0.4, 0.5) is 13.2 Å². The topological polar surface area (TPSA) is 64.0 Å². The summed E-state index contributed by atoms with van der Waals surface area (Å²) in [5, 5.41) is 6.30. The molecule has 8 heteroatoms. The van der Waals surface area contributed by atoms with E-state index in [1.807, 2.05) is 0 Å². The molecule has 0 fully saturated rings. The quantitative estimate of drug-likeness (QED) is 0.939. The number of carbonyl (C=O) groups excluding carboxylic acids is 1. The Morgan fingerprint density at radius 2 is 1.82 bits per heavy atom. The maximum absolute atomic E-state index is 12.4. The fourth-order valence-electron chi connectivity index (χ4n) is 1.71. The molecule has 0 aliphatic rings. The Hall–Kier alpha value is -2.64. The second-order valence-corrected chi connectivity index (χ2v) is 4.56. The molecule has 1 heterocycles. The number of nitrogens with one attached hydrogen (secondary N) is 1. The average Bonchev–Trinajstić information content (AvgIpc) is 2.47. The Labute approximate surface area is 123 Å². The van der Waals surface area contributed by atoms with Gasteiger partial charge in [0.25, 0.3) is 11.5 Å². The highest BCUT2D eigenvalue weighted by Crippen LogP contribution is 2.28. The first-order valence-electron chi connectivity index (χ1n) is 6.26. The molecule has 0 saturated carbocycles. The lowest BCUT2D eigenvalue weighted by Crippen LogP contribution is -2.28. The molecule has 2 aromatic rings. The number of rotatable bonds is 3. The van der Waals surface area contributed by atoms with Gasteiger partial charge in [0.1, 0.15) is 5.69 Å². The minimum Gasteiger partial charge on any atom is -0.347 e. The van der Waals surface area contributed by atoms with Crippen LogP contribution in [0.5, 0.6) is 0 Å². The van der Waals surface area contributed by atoms with Gasteiger partial charge in [-0.1, -0.05) is 12.1 Å². The van der Waals surface area contributed by atoms with Crippen LogP contribution in [-0.2, 0) is 19.8 Å². The number of aryl methyl sites for hydroxylation is 1. The number of nitrogens with zero attached hydrogens (tertiary/aromatic N) is 2. The summed E-state index contributed by atoms with van der Waals surface area (Å²) in [6.07, 6.45) is -4.39. The zero-order valence-corrected chi connectivity index (χ0v) is 11.5. The van der Waals surface area contributed by atoms with Crippen LogP contribution in [0.15, 0.2) is 41.2 Å². The molecule has 1 N–H and O–H groups in total.